The van der Waals surface area contributed by atoms with Gasteiger partial charge in [-0.1, -0.05) is 41.9 Å². The highest BCUT2D eigenvalue weighted by Crippen LogP contribution is 2.23. The van der Waals surface area contributed by atoms with Crippen molar-refractivity contribution >= 4 is 23.5 Å². The van der Waals surface area contributed by atoms with Gasteiger partial charge in [-0.05, 0) is 12.5 Å². The summed E-state index contributed by atoms with van der Waals surface area (Å²) < 4.78 is 6.73. The number of carboxylic acids is 1. The molecule has 1 atom stereocenters. The van der Waals surface area contributed by atoms with Gasteiger partial charge in [0, 0.05) is 6.54 Å². The molecule has 0 saturated carbocycles. The Labute approximate surface area is 149 Å². The van der Waals surface area contributed by atoms with Crippen LogP contribution in [0.4, 0.5) is 0 Å². The van der Waals surface area contributed by atoms with E-state index < -0.39 is 12.1 Å². The molecule has 0 unspecified atom stereocenters. The van der Waals surface area contributed by atoms with Gasteiger partial charge in [-0.25, -0.2) is 9.48 Å². The Hall–Kier alpha value is -2.38. The first-order valence-electron chi connectivity index (χ1n) is 7.88. The molecule has 0 radical (unpaired) electrons. The van der Waals surface area contributed by atoms with Crippen LogP contribution in [0, 0.1) is 6.92 Å². The Kier molecular flexibility index (Phi) is 5.06. The summed E-state index contributed by atoms with van der Waals surface area (Å²) in [4.78, 5) is 25.4. The van der Waals surface area contributed by atoms with E-state index in [1.54, 1.807) is 11.6 Å². The van der Waals surface area contributed by atoms with Crippen molar-refractivity contribution in [3.05, 3.63) is 52.3 Å². The van der Waals surface area contributed by atoms with E-state index in [1.165, 1.54) is 4.90 Å². The average Bonchev–Trinajstić information content (AvgIpc) is 2.89. The fourth-order valence-electron chi connectivity index (χ4n) is 2.80. The number of aryl methyl sites for hydroxylation is 1. The van der Waals surface area contributed by atoms with E-state index in [-0.39, 0.29) is 24.2 Å². The van der Waals surface area contributed by atoms with Crippen LogP contribution in [0.3, 0.4) is 0 Å². The highest BCUT2D eigenvalue weighted by molar-refractivity contribution is 6.33. The van der Waals surface area contributed by atoms with Gasteiger partial charge in [0.15, 0.2) is 6.10 Å². The monoisotopic (exact) mass is 363 g/mol. The summed E-state index contributed by atoms with van der Waals surface area (Å²) in [5.41, 5.74) is 1.84. The molecule has 132 valence electrons. The smallest absolute Gasteiger partial charge is 0.334 e. The molecule has 1 N–H and O–H groups in total. The molecule has 3 rings (SSSR count). The molecule has 0 aliphatic carbocycles. The number of aromatic nitrogens is 2. The molecule has 25 heavy (non-hydrogen) atoms. The van der Waals surface area contributed by atoms with Crippen molar-refractivity contribution in [2.24, 2.45) is 0 Å². The van der Waals surface area contributed by atoms with E-state index in [4.69, 9.17) is 21.4 Å². The van der Waals surface area contributed by atoms with Crippen LogP contribution in [0.2, 0.25) is 5.15 Å². The number of carboxylic acid groups (broad SMARTS) is 1. The largest absolute Gasteiger partial charge is 0.479 e. The molecule has 1 fully saturated rings. The van der Waals surface area contributed by atoms with E-state index in [1.807, 2.05) is 30.3 Å². The summed E-state index contributed by atoms with van der Waals surface area (Å²) in [6.45, 7) is 2.66. The normalized spacial score (nSPS) is 17.5. The minimum Gasteiger partial charge on any atom is -0.479 e. The van der Waals surface area contributed by atoms with E-state index in [9.17, 15) is 9.59 Å². The zero-order valence-electron chi connectivity index (χ0n) is 13.7. The van der Waals surface area contributed by atoms with Gasteiger partial charge in [0.1, 0.15) is 5.15 Å². The van der Waals surface area contributed by atoms with Crippen molar-refractivity contribution < 1.29 is 19.4 Å². The number of hydrogen-bond donors (Lipinski definition) is 1. The zero-order valence-corrected chi connectivity index (χ0v) is 14.4. The Balaban J connectivity index is 1.82. The molecule has 1 aromatic carbocycles. The molecule has 2 aromatic rings. The predicted molar refractivity (Wildman–Crippen MR) is 90.8 cm³/mol. The second-order valence-corrected chi connectivity index (χ2v) is 6.20. The maximum Gasteiger partial charge on any atom is 0.334 e. The predicted octanol–water partition coefficient (Wildman–Crippen LogP) is 1.82. The minimum atomic E-state index is -1.08. The quantitative estimate of drug-likeness (QED) is 0.895. The van der Waals surface area contributed by atoms with Gasteiger partial charge in [0.25, 0.3) is 5.91 Å². The lowest BCUT2D eigenvalue weighted by molar-refractivity contribution is -0.154. The summed E-state index contributed by atoms with van der Waals surface area (Å²) in [6, 6.07) is 9.67. The van der Waals surface area contributed by atoms with Gasteiger partial charge in [0.2, 0.25) is 0 Å². The van der Waals surface area contributed by atoms with Crippen LogP contribution >= 0.6 is 11.6 Å². The number of hydrogen-bond acceptors (Lipinski definition) is 4. The minimum absolute atomic E-state index is 0.00615. The maximum atomic E-state index is 12.8. The molecule has 1 saturated heterocycles. The first-order chi connectivity index (χ1) is 12.0. The molecule has 7 nitrogen and oxygen atoms in total. The summed E-state index contributed by atoms with van der Waals surface area (Å²) in [6.07, 6.45) is -1.02. The Morgan fingerprint density at radius 2 is 2.08 bits per heavy atom. The fraction of sp³-hybridized carbons (Fsp3) is 0.353. The van der Waals surface area contributed by atoms with Gasteiger partial charge in [-0.3, -0.25) is 4.79 Å². The molecular weight excluding hydrogens is 346 g/mol. The number of carbonyl (C=O) groups excluding carboxylic acids is 1. The second-order valence-electron chi connectivity index (χ2n) is 5.84. The number of amides is 1. The van der Waals surface area contributed by atoms with Crippen molar-refractivity contribution in [2.75, 3.05) is 19.7 Å². The maximum absolute atomic E-state index is 12.8. The van der Waals surface area contributed by atoms with Crippen molar-refractivity contribution in [3.63, 3.8) is 0 Å². The topological polar surface area (TPSA) is 84.7 Å². The number of ether oxygens (including phenoxy) is 1. The standard InChI is InChI=1S/C17H18ClN3O4/c1-11-14(16(22)20-7-8-25-13(10-20)17(23)24)15(18)21(19-11)9-12-5-3-2-4-6-12/h2-6,13H,7-10H2,1H3,(H,23,24)/t13-/m0/s1. The summed E-state index contributed by atoms with van der Waals surface area (Å²) in [5.74, 6) is -1.41. The summed E-state index contributed by atoms with van der Waals surface area (Å²) >= 11 is 6.40. The molecule has 2 heterocycles. The van der Waals surface area contributed by atoms with E-state index in [0.717, 1.165) is 5.56 Å². The van der Waals surface area contributed by atoms with E-state index >= 15 is 0 Å². The molecular formula is C17H18ClN3O4. The molecule has 1 aliphatic heterocycles. The lowest BCUT2D eigenvalue weighted by Crippen LogP contribution is -2.48. The van der Waals surface area contributed by atoms with Gasteiger partial charge < -0.3 is 14.7 Å². The summed E-state index contributed by atoms with van der Waals surface area (Å²) in [5, 5.41) is 13.7. The van der Waals surface area contributed by atoms with Gasteiger partial charge in [-0.15, -0.1) is 0 Å². The zero-order chi connectivity index (χ0) is 18.0. The lowest BCUT2D eigenvalue weighted by atomic mass is 10.2. The first-order valence-corrected chi connectivity index (χ1v) is 8.25. The van der Waals surface area contributed by atoms with Crippen LogP contribution < -0.4 is 0 Å². The number of halogens is 1. The molecule has 1 aliphatic rings. The summed E-state index contributed by atoms with van der Waals surface area (Å²) in [7, 11) is 0. The average molecular weight is 364 g/mol. The van der Waals surface area contributed by atoms with Gasteiger partial charge in [0.05, 0.1) is 31.0 Å². The second kappa shape index (κ2) is 7.25. The SMILES string of the molecule is Cc1nn(Cc2ccccc2)c(Cl)c1C(=O)N1CCO[C@H](C(=O)O)C1. The number of morpholine rings is 1. The Bertz CT molecular complexity index is 791. The van der Waals surface area contributed by atoms with E-state index in [0.29, 0.717) is 24.3 Å². The van der Waals surface area contributed by atoms with Crippen LogP contribution in [-0.4, -0.2) is 57.5 Å². The molecule has 8 heteroatoms. The molecule has 1 aromatic heterocycles. The number of nitrogens with zero attached hydrogens (tertiary/aromatic N) is 3. The van der Waals surface area contributed by atoms with Crippen LogP contribution in [0.25, 0.3) is 0 Å². The Morgan fingerprint density at radius 3 is 2.76 bits per heavy atom. The lowest BCUT2D eigenvalue weighted by Gasteiger charge is -2.30. The third kappa shape index (κ3) is 3.67. The van der Waals surface area contributed by atoms with Crippen LogP contribution in [0.5, 0.6) is 0 Å². The van der Waals surface area contributed by atoms with Crippen molar-refractivity contribution in [1.29, 1.82) is 0 Å². The van der Waals surface area contributed by atoms with Crippen LogP contribution in [-0.2, 0) is 16.1 Å². The van der Waals surface area contributed by atoms with Crippen LogP contribution in [0.1, 0.15) is 21.6 Å². The molecule has 0 bridgehead atoms. The van der Waals surface area contributed by atoms with Crippen molar-refractivity contribution in [2.45, 2.75) is 19.6 Å². The first kappa shape index (κ1) is 17.4. The number of aliphatic carboxylic acids is 1. The molecule has 1 amide bonds. The van der Waals surface area contributed by atoms with Crippen molar-refractivity contribution in [3.8, 4) is 0 Å². The number of benzene rings is 1. The third-order valence-electron chi connectivity index (χ3n) is 4.08. The fourth-order valence-corrected chi connectivity index (χ4v) is 3.11. The van der Waals surface area contributed by atoms with E-state index in [2.05, 4.69) is 5.10 Å². The Morgan fingerprint density at radius 1 is 1.36 bits per heavy atom. The van der Waals surface area contributed by atoms with Gasteiger partial charge in [-0.2, -0.15) is 5.10 Å². The van der Waals surface area contributed by atoms with Crippen LogP contribution in [0.15, 0.2) is 30.3 Å². The third-order valence-corrected chi connectivity index (χ3v) is 4.47. The number of carbonyl (C=O) groups is 2. The van der Waals surface area contributed by atoms with Crippen molar-refractivity contribution in [1.82, 2.24) is 14.7 Å². The highest BCUT2D eigenvalue weighted by atomic mass is 35.5. The highest BCUT2D eigenvalue weighted by Gasteiger charge is 2.32. The number of rotatable bonds is 4. The molecule has 0 spiro atoms. The van der Waals surface area contributed by atoms with Gasteiger partial charge >= 0.3 is 5.97 Å².